The molecule has 2 rings (SSSR count). The molecule has 0 radical (unpaired) electrons. The number of amides is 2. The average molecular weight is 391 g/mol. The van der Waals surface area contributed by atoms with E-state index in [-0.39, 0.29) is 12.2 Å². The van der Waals surface area contributed by atoms with Crippen LogP contribution < -0.4 is 16.6 Å². The van der Waals surface area contributed by atoms with Gasteiger partial charge in [-0.1, -0.05) is 45.4 Å². The number of nitrogens with two attached hydrogens (primary N) is 1. The maximum absolute atomic E-state index is 11.8. The molecule has 2 amide bonds. The van der Waals surface area contributed by atoms with E-state index in [9.17, 15) is 9.59 Å². The van der Waals surface area contributed by atoms with Crippen LogP contribution in [-0.4, -0.2) is 24.6 Å². The molecular formula is C16H15BrN4O3. The zero-order valence-electron chi connectivity index (χ0n) is 12.5. The molecule has 0 saturated carbocycles. The van der Waals surface area contributed by atoms with Gasteiger partial charge < -0.3 is 10.6 Å². The number of hydrogen-bond acceptors (Lipinski definition) is 5. The molecule has 0 spiro atoms. The molecule has 124 valence electrons. The van der Waals surface area contributed by atoms with Crippen molar-refractivity contribution in [1.82, 2.24) is 10.9 Å². The Morgan fingerprint density at radius 2 is 1.83 bits per heavy atom. The quantitative estimate of drug-likeness (QED) is 0.411. The van der Waals surface area contributed by atoms with E-state index in [1.807, 2.05) is 24.3 Å². The summed E-state index contributed by atoms with van der Waals surface area (Å²) in [5, 5.41) is 3.68. The van der Waals surface area contributed by atoms with Gasteiger partial charge in [0, 0.05) is 10.2 Å². The predicted molar refractivity (Wildman–Crippen MR) is 94.2 cm³/mol. The summed E-state index contributed by atoms with van der Waals surface area (Å²) >= 11 is 3.33. The maximum atomic E-state index is 11.8. The van der Waals surface area contributed by atoms with Crippen molar-refractivity contribution < 1.29 is 14.4 Å². The van der Waals surface area contributed by atoms with Crippen molar-refractivity contribution in [2.45, 2.75) is 0 Å². The fourth-order valence-electron chi connectivity index (χ4n) is 1.68. The normalized spacial score (nSPS) is 10.4. The Bertz CT molecular complexity index is 747. The van der Waals surface area contributed by atoms with Crippen molar-refractivity contribution in [2.24, 2.45) is 5.16 Å². The standard InChI is InChI=1S/C16H15BrN4O3/c17-12-7-5-11(6-8-12)9-19-24-10-15(22)20-21-16(23)13-3-1-2-4-14(13)18/h1-9H,10,18H2,(H,20,22)(H,21,23)/b19-9+. The molecule has 0 unspecified atom stereocenters. The average Bonchev–Trinajstić information content (AvgIpc) is 2.58. The predicted octanol–water partition coefficient (Wildman–Crippen LogP) is 1.84. The number of halogens is 1. The molecule has 24 heavy (non-hydrogen) atoms. The number of hydrazine groups is 1. The van der Waals surface area contributed by atoms with E-state index < -0.39 is 11.8 Å². The molecule has 8 heteroatoms. The van der Waals surface area contributed by atoms with Gasteiger partial charge in [0.15, 0.2) is 6.61 Å². The summed E-state index contributed by atoms with van der Waals surface area (Å²) in [5.41, 5.74) is 11.5. The number of oxime groups is 1. The summed E-state index contributed by atoms with van der Waals surface area (Å²) < 4.78 is 0.953. The van der Waals surface area contributed by atoms with Crippen LogP contribution in [0.4, 0.5) is 5.69 Å². The lowest BCUT2D eigenvalue weighted by Gasteiger charge is -2.08. The Kier molecular flexibility index (Phi) is 6.32. The molecule has 2 aromatic carbocycles. The SMILES string of the molecule is Nc1ccccc1C(=O)NNC(=O)CO/N=C/c1ccc(Br)cc1. The third-order valence-corrected chi connectivity index (χ3v) is 3.39. The summed E-state index contributed by atoms with van der Waals surface area (Å²) in [4.78, 5) is 28.3. The van der Waals surface area contributed by atoms with Gasteiger partial charge in [-0.25, -0.2) is 0 Å². The van der Waals surface area contributed by atoms with E-state index in [0.29, 0.717) is 5.69 Å². The molecule has 0 saturated heterocycles. The van der Waals surface area contributed by atoms with E-state index in [2.05, 4.69) is 31.9 Å². The third kappa shape index (κ3) is 5.40. The summed E-state index contributed by atoms with van der Waals surface area (Å²) in [7, 11) is 0. The monoisotopic (exact) mass is 390 g/mol. The number of nitrogens with zero attached hydrogens (tertiary/aromatic N) is 1. The minimum atomic E-state index is -0.550. The smallest absolute Gasteiger partial charge is 0.279 e. The Morgan fingerprint density at radius 3 is 2.54 bits per heavy atom. The highest BCUT2D eigenvalue weighted by Gasteiger charge is 2.09. The lowest BCUT2D eigenvalue weighted by Crippen LogP contribution is -2.43. The van der Waals surface area contributed by atoms with Gasteiger partial charge in [0.05, 0.1) is 11.8 Å². The van der Waals surface area contributed by atoms with Gasteiger partial charge in [-0.15, -0.1) is 0 Å². The Labute approximate surface area is 147 Å². The third-order valence-electron chi connectivity index (χ3n) is 2.86. The minimum Gasteiger partial charge on any atom is -0.398 e. The van der Waals surface area contributed by atoms with Crippen molar-refractivity contribution in [1.29, 1.82) is 0 Å². The number of nitrogen functional groups attached to an aromatic ring is 1. The second-order valence-corrected chi connectivity index (χ2v) is 5.56. The highest BCUT2D eigenvalue weighted by atomic mass is 79.9. The van der Waals surface area contributed by atoms with Crippen LogP contribution in [0.5, 0.6) is 0 Å². The van der Waals surface area contributed by atoms with Gasteiger partial charge in [-0.3, -0.25) is 20.4 Å². The van der Waals surface area contributed by atoms with Crippen LogP contribution in [0.3, 0.4) is 0 Å². The first-order valence-electron chi connectivity index (χ1n) is 6.91. The van der Waals surface area contributed by atoms with Crippen molar-refractivity contribution in [2.75, 3.05) is 12.3 Å². The molecule has 0 aliphatic carbocycles. The van der Waals surface area contributed by atoms with Gasteiger partial charge in [-0.05, 0) is 29.8 Å². The molecule has 0 atom stereocenters. The van der Waals surface area contributed by atoms with Gasteiger partial charge >= 0.3 is 0 Å². The molecule has 7 nitrogen and oxygen atoms in total. The van der Waals surface area contributed by atoms with E-state index in [1.54, 1.807) is 24.3 Å². The van der Waals surface area contributed by atoms with Gasteiger partial charge in [0.25, 0.3) is 11.8 Å². The summed E-state index contributed by atoms with van der Waals surface area (Å²) in [6, 6.07) is 13.9. The zero-order chi connectivity index (χ0) is 17.4. The number of carbonyl (C=O) groups excluding carboxylic acids is 2. The fourth-order valence-corrected chi connectivity index (χ4v) is 1.94. The number of hydrogen-bond donors (Lipinski definition) is 3. The molecule has 4 N–H and O–H groups in total. The molecule has 0 bridgehead atoms. The molecular weight excluding hydrogens is 376 g/mol. The summed E-state index contributed by atoms with van der Waals surface area (Å²) in [6.07, 6.45) is 1.48. The van der Waals surface area contributed by atoms with E-state index in [1.165, 1.54) is 6.21 Å². The van der Waals surface area contributed by atoms with Crippen LogP contribution in [0.2, 0.25) is 0 Å². The van der Waals surface area contributed by atoms with Gasteiger partial charge in [-0.2, -0.15) is 0 Å². The van der Waals surface area contributed by atoms with E-state index >= 15 is 0 Å². The van der Waals surface area contributed by atoms with Crippen LogP contribution in [0, 0.1) is 0 Å². The maximum Gasteiger partial charge on any atom is 0.279 e. The molecule has 0 heterocycles. The first kappa shape index (κ1) is 17.5. The van der Waals surface area contributed by atoms with Crippen LogP contribution in [0.1, 0.15) is 15.9 Å². The van der Waals surface area contributed by atoms with Crippen LogP contribution in [0.15, 0.2) is 58.2 Å². The second kappa shape index (κ2) is 8.68. The first-order chi connectivity index (χ1) is 11.6. The summed E-state index contributed by atoms with van der Waals surface area (Å²) in [5.74, 6) is -1.06. The van der Waals surface area contributed by atoms with Crippen molar-refractivity contribution in [3.05, 3.63) is 64.1 Å². The van der Waals surface area contributed by atoms with Gasteiger partial charge in [0.2, 0.25) is 0 Å². The Morgan fingerprint density at radius 1 is 1.12 bits per heavy atom. The largest absolute Gasteiger partial charge is 0.398 e. The molecule has 0 aliphatic heterocycles. The van der Waals surface area contributed by atoms with Crippen LogP contribution >= 0.6 is 15.9 Å². The van der Waals surface area contributed by atoms with E-state index in [0.717, 1.165) is 10.0 Å². The topological polar surface area (TPSA) is 106 Å². The van der Waals surface area contributed by atoms with Crippen LogP contribution in [0.25, 0.3) is 0 Å². The highest BCUT2D eigenvalue weighted by molar-refractivity contribution is 9.10. The van der Waals surface area contributed by atoms with Crippen LogP contribution in [-0.2, 0) is 9.63 Å². The lowest BCUT2D eigenvalue weighted by atomic mass is 10.2. The Balaban J connectivity index is 1.72. The lowest BCUT2D eigenvalue weighted by molar-refractivity contribution is -0.126. The molecule has 0 aromatic heterocycles. The minimum absolute atomic E-state index is 0.270. The number of benzene rings is 2. The molecule has 2 aromatic rings. The number of para-hydroxylation sites is 1. The summed E-state index contributed by atoms with van der Waals surface area (Å²) in [6.45, 7) is -0.336. The van der Waals surface area contributed by atoms with Crippen molar-refractivity contribution in [3.63, 3.8) is 0 Å². The van der Waals surface area contributed by atoms with E-state index in [4.69, 9.17) is 10.6 Å². The number of carbonyl (C=O) groups is 2. The highest BCUT2D eigenvalue weighted by Crippen LogP contribution is 2.10. The molecule has 0 aliphatic rings. The number of nitrogens with one attached hydrogen (secondary N) is 2. The van der Waals surface area contributed by atoms with Crippen molar-refractivity contribution in [3.8, 4) is 0 Å². The number of rotatable bonds is 5. The number of anilines is 1. The zero-order valence-corrected chi connectivity index (χ0v) is 14.1. The fraction of sp³-hybridized carbons (Fsp3) is 0.0625. The second-order valence-electron chi connectivity index (χ2n) is 4.65. The Hall–Kier alpha value is -2.87. The molecule has 0 fully saturated rings. The van der Waals surface area contributed by atoms with Gasteiger partial charge in [0.1, 0.15) is 0 Å². The first-order valence-corrected chi connectivity index (χ1v) is 7.70. The van der Waals surface area contributed by atoms with Crippen molar-refractivity contribution >= 4 is 39.6 Å².